The van der Waals surface area contributed by atoms with Crippen LogP contribution in [0.2, 0.25) is 0 Å². The summed E-state index contributed by atoms with van der Waals surface area (Å²) in [6.45, 7) is 3.30. The van der Waals surface area contributed by atoms with Crippen molar-refractivity contribution in [2.24, 2.45) is 11.7 Å². The van der Waals surface area contributed by atoms with Gasteiger partial charge in [0.15, 0.2) is 0 Å². The minimum Gasteiger partial charge on any atom is -0.344 e. The lowest BCUT2D eigenvalue weighted by Crippen LogP contribution is -2.58. The molecule has 1 saturated carbocycles. The topological polar surface area (TPSA) is 49.6 Å². The average Bonchev–Trinajstić information content (AvgIpc) is 2.24. The molecule has 0 bridgehead atoms. The molecule has 17 heavy (non-hydrogen) atoms. The fourth-order valence-electron chi connectivity index (χ4n) is 2.60. The molecule has 0 aromatic rings. The molecular formula is C13H27N3O. The number of carbonyl (C=O) groups excluding carboxylic acids is 1. The second-order valence-electron chi connectivity index (χ2n) is 5.51. The van der Waals surface area contributed by atoms with Crippen LogP contribution in [0.1, 0.15) is 32.6 Å². The number of amides is 1. The van der Waals surface area contributed by atoms with Gasteiger partial charge in [-0.05, 0) is 39.8 Å². The van der Waals surface area contributed by atoms with Gasteiger partial charge in [-0.3, -0.25) is 4.79 Å². The summed E-state index contributed by atoms with van der Waals surface area (Å²) in [4.78, 5) is 16.3. The largest absolute Gasteiger partial charge is 0.344 e. The average molecular weight is 241 g/mol. The first-order valence-electron chi connectivity index (χ1n) is 6.59. The molecule has 1 rings (SSSR count). The number of likely N-dealkylation sites (N-methyl/N-ethyl adjacent to an activating group) is 2. The quantitative estimate of drug-likeness (QED) is 0.752. The predicted octanol–water partition coefficient (Wildman–Crippen LogP) is 0.914. The summed E-state index contributed by atoms with van der Waals surface area (Å²) >= 11 is 0. The van der Waals surface area contributed by atoms with Gasteiger partial charge in [0.1, 0.15) is 0 Å². The van der Waals surface area contributed by atoms with Gasteiger partial charge in [0, 0.05) is 25.7 Å². The molecule has 0 aromatic carbocycles. The van der Waals surface area contributed by atoms with Crippen molar-refractivity contribution >= 4 is 5.91 Å². The molecule has 100 valence electrons. The number of nitrogens with two attached hydrogens (primary N) is 1. The first-order chi connectivity index (χ1) is 7.96. The zero-order valence-electron chi connectivity index (χ0n) is 11.7. The summed E-state index contributed by atoms with van der Waals surface area (Å²) in [7, 11) is 6.12. The second-order valence-corrected chi connectivity index (χ2v) is 5.51. The van der Waals surface area contributed by atoms with Crippen LogP contribution in [0.15, 0.2) is 0 Å². The summed E-state index contributed by atoms with van der Waals surface area (Å²) in [5, 5.41) is 0. The Kier molecular flexibility index (Phi) is 4.95. The van der Waals surface area contributed by atoms with E-state index in [1.54, 1.807) is 0 Å². The fourth-order valence-corrected chi connectivity index (χ4v) is 2.60. The highest BCUT2D eigenvalue weighted by Gasteiger charge is 2.41. The van der Waals surface area contributed by atoms with Crippen LogP contribution in [-0.4, -0.2) is 55.5 Å². The lowest BCUT2D eigenvalue weighted by atomic mass is 9.75. The van der Waals surface area contributed by atoms with Crippen LogP contribution >= 0.6 is 0 Å². The number of nitrogens with zero attached hydrogens (tertiary/aromatic N) is 2. The number of hydrogen-bond acceptors (Lipinski definition) is 3. The normalized spacial score (nSPS) is 19.9. The molecule has 1 aliphatic carbocycles. The maximum atomic E-state index is 12.2. The Morgan fingerprint density at radius 1 is 1.35 bits per heavy atom. The van der Waals surface area contributed by atoms with E-state index in [0.29, 0.717) is 6.54 Å². The standard InChI is InChI=1S/C13H27N3O/c1-5-11(9-14)12(17)16(4)10-13(15(2)3)7-6-8-13/h11H,5-10,14H2,1-4H3. The van der Waals surface area contributed by atoms with Gasteiger partial charge in [0.25, 0.3) is 0 Å². The monoisotopic (exact) mass is 241 g/mol. The zero-order valence-corrected chi connectivity index (χ0v) is 11.7. The molecule has 2 N–H and O–H groups in total. The summed E-state index contributed by atoms with van der Waals surface area (Å²) in [6, 6.07) is 0. The third-order valence-electron chi connectivity index (χ3n) is 4.27. The first-order valence-corrected chi connectivity index (χ1v) is 6.59. The number of carbonyl (C=O) groups is 1. The highest BCUT2D eigenvalue weighted by atomic mass is 16.2. The summed E-state index contributed by atoms with van der Waals surface area (Å²) in [5.74, 6) is 0.183. The molecule has 0 aliphatic heterocycles. The van der Waals surface area contributed by atoms with Crippen LogP contribution in [0, 0.1) is 5.92 Å². The summed E-state index contributed by atoms with van der Waals surface area (Å²) < 4.78 is 0. The van der Waals surface area contributed by atoms with Crippen LogP contribution in [0.5, 0.6) is 0 Å². The maximum absolute atomic E-state index is 12.2. The molecule has 0 saturated heterocycles. The Morgan fingerprint density at radius 2 is 1.94 bits per heavy atom. The van der Waals surface area contributed by atoms with Gasteiger partial charge in [0.05, 0.1) is 5.92 Å². The summed E-state index contributed by atoms with van der Waals surface area (Å²) in [5.41, 5.74) is 5.84. The van der Waals surface area contributed by atoms with Crippen LogP contribution in [0.25, 0.3) is 0 Å². The Hall–Kier alpha value is -0.610. The Balaban J connectivity index is 2.58. The number of rotatable bonds is 6. The number of hydrogen-bond donors (Lipinski definition) is 1. The van der Waals surface area contributed by atoms with Crippen molar-refractivity contribution in [3.8, 4) is 0 Å². The van der Waals surface area contributed by atoms with Crippen molar-refractivity contribution in [1.29, 1.82) is 0 Å². The molecule has 1 fully saturated rings. The van der Waals surface area contributed by atoms with Gasteiger partial charge < -0.3 is 15.5 Å². The van der Waals surface area contributed by atoms with Crippen LogP contribution in [0.3, 0.4) is 0 Å². The van der Waals surface area contributed by atoms with E-state index in [1.165, 1.54) is 19.3 Å². The van der Waals surface area contributed by atoms with Gasteiger partial charge in [-0.15, -0.1) is 0 Å². The molecule has 0 heterocycles. The first kappa shape index (κ1) is 14.5. The van der Waals surface area contributed by atoms with Crippen molar-refractivity contribution in [1.82, 2.24) is 9.80 Å². The third-order valence-corrected chi connectivity index (χ3v) is 4.27. The molecule has 0 spiro atoms. The van der Waals surface area contributed by atoms with Gasteiger partial charge in [-0.1, -0.05) is 6.92 Å². The van der Waals surface area contributed by atoms with Crippen LogP contribution in [-0.2, 0) is 4.79 Å². The third kappa shape index (κ3) is 2.99. The molecule has 4 heteroatoms. The lowest BCUT2D eigenvalue weighted by molar-refractivity contribution is -0.136. The fraction of sp³-hybridized carbons (Fsp3) is 0.923. The van der Waals surface area contributed by atoms with Crippen molar-refractivity contribution in [2.45, 2.75) is 38.1 Å². The van der Waals surface area contributed by atoms with Gasteiger partial charge in [-0.25, -0.2) is 0 Å². The Morgan fingerprint density at radius 3 is 2.24 bits per heavy atom. The van der Waals surface area contributed by atoms with Crippen molar-refractivity contribution in [3.05, 3.63) is 0 Å². The smallest absolute Gasteiger partial charge is 0.226 e. The van der Waals surface area contributed by atoms with E-state index < -0.39 is 0 Å². The zero-order chi connectivity index (χ0) is 13.1. The SMILES string of the molecule is CCC(CN)C(=O)N(C)CC1(N(C)C)CCC1. The molecule has 1 unspecified atom stereocenters. The minimum atomic E-state index is -0.0145. The lowest BCUT2D eigenvalue weighted by Gasteiger charge is -2.49. The maximum Gasteiger partial charge on any atom is 0.226 e. The summed E-state index contributed by atoms with van der Waals surface area (Å²) in [6.07, 6.45) is 4.48. The van der Waals surface area contributed by atoms with E-state index in [4.69, 9.17) is 5.73 Å². The van der Waals surface area contributed by atoms with E-state index in [0.717, 1.165) is 13.0 Å². The molecule has 0 aromatic heterocycles. The molecule has 1 atom stereocenters. The van der Waals surface area contributed by atoms with Gasteiger partial charge in [0.2, 0.25) is 5.91 Å². The predicted molar refractivity (Wildman–Crippen MR) is 70.7 cm³/mol. The van der Waals surface area contributed by atoms with Crippen molar-refractivity contribution in [2.75, 3.05) is 34.2 Å². The van der Waals surface area contributed by atoms with E-state index >= 15 is 0 Å². The molecule has 1 aliphatic rings. The van der Waals surface area contributed by atoms with E-state index in [2.05, 4.69) is 19.0 Å². The molecule has 1 amide bonds. The van der Waals surface area contributed by atoms with Crippen LogP contribution < -0.4 is 5.73 Å². The highest BCUT2D eigenvalue weighted by Crippen LogP contribution is 2.36. The second kappa shape index (κ2) is 5.83. The van der Waals surface area contributed by atoms with E-state index in [9.17, 15) is 4.79 Å². The molecular weight excluding hydrogens is 214 g/mol. The molecule has 0 radical (unpaired) electrons. The van der Waals surface area contributed by atoms with E-state index in [1.807, 2.05) is 18.9 Å². The minimum absolute atomic E-state index is 0.0145. The van der Waals surface area contributed by atoms with Crippen molar-refractivity contribution in [3.63, 3.8) is 0 Å². The van der Waals surface area contributed by atoms with Gasteiger partial charge >= 0.3 is 0 Å². The Labute approximate surface area is 105 Å². The van der Waals surface area contributed by atoms with Gasteiger partial charge in [-0.2, -0.15) is 0 Å². The van der Waals surface area contributed by atoms with Crippen LogP contribution in [0.4, 0.5) is 0 Å². The van der Waals surface area contributed by atoms with Crippen molar-refractivity contribution < 1.29 is 4.79 Å². The van der Waals surface area contributed by atoms with E-state index in [-0.39, 0.29) is 17.4 Å². The Bertz CT molecular complexity index is 257. The molecule has 4 nitrogen and oxygen atoms in total. The highest BCUT2D eigenvalue weighted by molar-refractivity contribution is 5.78.